The van der Waals surface area contributed by atoms with Gasteiger partial charge in [0.05, 0.1) is 6.10 Å². The van der Waals surface area contributed by atoms with Crippen LogP contribution < -0.4 is 10.2 Å². The van der Waals surface area contributed by atoms with Crippen molar-refractivity contribution < 1.29 is 30.0 Å². The van der Waals surface area contributed by atoms with Crippen molar-refractivity contribution in [2.75, 3.05) is 6.61 Å². The molecule has 0 fully saturated rings. The molecule has 0 spiro atoms. The van der Waals surface area contributed by atoms with Gasteiger partial charge in [-0.2, -0.15) is 0 Å². The van der Waals surface area contributed by atoms with E-state index < -0.39 is 18.0 Å². The summed E-state index contributed by atoms with van der Waals surface area (Å²) in [6.07, 6.45) is -0.816. The topological polar surface area (TPSA) is 121 Å². The van der Waals surface area contributed by atoms with Crippen LogP contribution in [0.4, 0.5) is 0 Å². The molecule has 0 aromatic heterocycles. The smallest absolute Gasteiger partial charge is 0.0564 e. The minimum absolute atomic E-state index is 0.0451. The van der Waals surface area contributed by atoms with Crippen molar-refractivity contribution in [3.63, 3.8) is 0 Å². The predicted molar refractivity (Wildman–Crippen MR) is 42.6 cm³/mol. The summed E-state index contributed by atoms with van der Waals surface area (Å²) in [5.41, 5.74) is 0. The van der Waals surface area contributed by atoms with E-state index in [0.29, 0.717) is 6.42 Å². The summed E-state index contributed by atoms with van der Waals surface area (Å²) in [6.45, 7) is 1.32. The van der Waals surface area contributed by atoms with Crippen molar-refractivity contribution in [1.82, 2.24) is 0 Å². The lowest BCUT2D eigenvalue weighted by Crippen LogP contribution is -2.25. The van der Waals surface area contributed by atoms with Crippen LogP contribution in [0.3, 0.4) is 0 Å². The molecule has 0 amide bonds. The number of aliphatic hydroxyl groups is 2. The Morgan fingerprint density at radius 2 is 1.79 bits per heavy atom. The van der Waals surface area contributed by atoms with Crippen molar-refractivity contribution in [2.45, 2.75) is 32.3 Å². The third-order valence-corrected chi connectivity index (χ3v) is 1.00. The average molecular weight is 206 g/mol. The number of carbonyl (C=O) groups is 2. The summed E-state index contributed by atoms with van der Waals surface area (Å²) in [6, 6.07) is 0. The highest BCUT2D eigenvalue weighted by Gasteiger charge is 1.91. The second kappa shape index (κ2) is 9.94. The van der Waals surface area contributed by atoms with Crippen LogP contribution in [0.25, 0.3) is 0 Å². The maximum Gasteiger partial charge on any atom is 0.0564 e. The van der Waals surface area contributed by atoms with Gasteiger partial charge in [0.15, 0.2) is 0 Å². The molecule has 84 valence electrons. The van der Waals surface area contributed by atoms with Crippen LogP contribution in [0.5, 0.6) is 0 Å². The Bertz CT molecular complexity index is 165. The zero-order chi connectivity index (χ0) is 11.6. The van der Waals surface area contributed by atoms with Crippen LogP contribution in [-0.4, -0.2) is 34.9 Å². The van der Waals surface area contributed by atoms with Crippen LogP contribution in [0.1, 0.15) is 26.2 Å². The van der Waals surface area contributed by atoms with Crippen molar-refractivity contribution in [3.05, 3.63) is 0 Å². The SMILES string of the molecule is CC(O)CC(=O)[O-].O=C([O-])CCCO. The number of carboxylic acids is 2. The first-order valence-electron chi connectivity index (χ1n) is 4.08. The zero-order valence-electron chi connectivity index (χ0n) is 7.93. The molecule has 1 unspecified atom stereocenters. The minimum atomic E-state index is -1.21. The molecule has 1 atom stereocenters. The van der Waals surface area contributed by atoms with Gasteiger partial charge in [0.1, 0.15) is 0 Å². The zero-order valence-corrected chi connectivity index (χ0v) is 7.93. The standard InChI is InChI=1S/2C4H8O3/c1-3(5)2-4(6)7;5-3-1-2-4(6)7/h3,5H,2H2,1H3,(H,6,7);5H,1-3H2,(H,6,7)/p-2. The molecule has 14 heavy (non-hydrogen) atoms. The molecule has 0 aromatic rings. The Balaban J connectivity index is 0. The van der Waals surface area contributed by atoms with E-state index in [0.717, 1.165) is 0 Å². The number of aliphatic hydroxyl groups excluding tert-OH is 2. The Kier molecular flexibility index (Phi) is 10.9. The summed E-state index contributed by atoms with van der Waals surface area (Å²) in [5, 5.41) is 35.4. The summed E-state index contributed by atoms with van der Waals surface area (Å²) in [5.74, 6) is -2.32. The number of carbonyl (C=O) groups excluding carboxylic acids is 2. The van der Waals surface area contributed by atoms with Crippen LogP contribution in [-0.2, 0) is 9.59 Å². The number of aliphatic carboxylic acids is 2. The molecular weight excluding hydrogens is 192 g/mol. The molecule has 0 rings (SSSR count). The molecule has 0 aliphatic carbocycles. The van der Waals surface area contributed by atoms with E-state index in [-0.39, 0.29) is 19.4 Å². The van der Waals surface area contributed by atoms with Crippen LogP contribution in [0.15, 0.2) is 0 Å². The van der Waals surface area contributed by atoms with Crippen molar-refractivity contribution in [3.8, 4) is 0 Å². The number of rotatable bonds is 5. The summed E-state index contributed by atoms with van der Waals surface area (Å²) < 4.78 is 0. The summed E-state index contributed by atoms with van der Waals surface area (Å²) in [4.78, 5) is 19.1. The molecule has 6 nitrogen and oxygen atoms in total. The van der Waals surface area contributed by atoms with E-state index >= 15 is 0 Å². The van der Waals surface area contributed by atoms with E-state index in [1.807, 2.05) is 0 Å². The summed E-state index contributed by atoms with van der Waals surface area (Å²) >= 11 is 0. The molecule has 0 aliphatic heterocycles. The van der Waals surface area contributed by atoms with Crippen LogP contribution >= 0.6 is 0 Å². The van der Waals surface area contributed by atoms with Gasteiger partial charge in [-0.1, -0.05) is 0 Å². The number of hydrogen-bond acceptors (Lipinski definition) is 6. The molecule has 0 aromatic carbocycles. The first-order chi connectivity index (χ1) is 6.40. The fourth-order valence-corrected chi connectivity index (χ4v) is 0.465. The lowest BCUT2D eigenvalue weighted by molar-refractivity contribution is -0.308. The molecule has 0 radical (unpaired) electrons. The second-order valence-electron chi connectivity index (χ2n) is 2.62. The maximum atomic E-state index is 9.54. The van der Waals surface area contributed by atoms with E-state index in [2.05, 4.69) is 0 Å². The minimum Gasteiger partial charge on any atom is -0.550 e. The average Bonchev–Trinajstić information content (AvgIpc) is 1.99. The Morgan fingerprint density at radius 1 is 1.29 bits per heavy atom. The molecule has 0 heterocycles. The maximum absolute atomic E-state index is 9.54. The molecule has 6 heteroatoms. The molecule has 0 aliphatic rings. The van der Waals surface area contributed by atoms with Gasteiger partial charge in [-0.05, 0) is 19.8 Å². The second-order valence-corrected chi connectivity index (χ2v) is 2.62. The van der Waals surface area contributed by atoms with E-state index in [1.54, 1.807) is 0 Å². The van der Waals surface area contributed by atoms with Gasteiger partial charge >= 0.3 is 0 Å². The van der Waals surface area contributed by atoms with E-state index in [4.69, 9.17) is 10.2 Å². The van der Waals surface area contributed by atoms with Gasteiger partial charge in [-0.3, -0.25) is 0 Å². The van der Waals surface area contributed by atoms with Crippen LogP contribution in [0, 0.1) is 0 Å². The lowest BCUT2D eigenvalue weighted by atomic mass is 10.3. The molecule has 0 bridgehead atoms. The first-order valence-corrected chi connectivity index (χ1v) is 4.08. The Hall–Kier alpha value is -1.14. The largest absolute Gasteiger partial charge is 0.550 e. The van der Waals surface area contributed by atoms with Crippen molar-refractivity contribution >= 4 is 11.9 Å². The summed E-state index contributed by atoms with van der Waals surface area (Å²) in [7, 11) is 0. The Labute approximate surface area is 81.8 Å². The Morgan fingerprint density at radius 3 is 1.86 bits per heavy atom. The van der Waals surface area contributed by atoms with Crippen LogP contribution in [0.2, 0.25) is 0 Å². The predicted octanol–water partition coefficient (Wildman–Crippen LogP) is -2.98. The van der Waals surface area contributed by atoms with Gasteiger partial charge in [0.2, 0.25) is 0 Å². The molecule has 0 saturated carbocycles. The third kappa shape index (κ3) is 22.4. The normalized spacial score (nSPS) is 11.1. The van der Waals surface area contributed by atoms with Gasteiger partial charge in [-0.25, -0.2) is 0 Å². The highest BCUT2D eigenvalue weighted by atomic mass is 16.4. The monoisotopic (exact) mass is 206 g/mol. The number of hydrogen-bond donors (Lipinski definition) is 2. The van der Waals surface area contributed by atoms with E-state index in [1.165, 1.54) is 6.92 Å². The molecule has 2 N–H and O–H groups in total. The first kappa shape index (κ1) is 15.3. The highest BCUT2D eigenvalue weighted by Crippen LogP contribution is 1.83. The fraction of sp³-hybridized carbons (Fsp3) is 0.750. The third-order valence-electron chi connectivity index (χ3n) is 1.00. The van der Waals surface area contributed by atoms with Gasteiger partial charge in [-0.15, -0.1) is 0 Å². The molecule has 0 saturated heterocycles. The lowest BCUT2D eigenvalue weighted by Gasteiger charge is -2.01. The fourth-order valence-electron chi connectivity index (χ4n) is 0.465. The van der Waals surface area contributed by atoms with Gasteiger partial charge in [0, 0.05) is 25.0 Å². The quantitative estimate of drug-likeness (QED) is 0.495. The highest BCUT2D eigenvalue weighted by molar-refractivity contribution is 5.64. The van der Waals surface area contributed by atoms with Gasteiger partial charge in [0.25, 0.3) is 0 Å². The van der Waals surface area contributed by atoms with Gasteiger partial charge < -0.3 is 30.0 Å². The molecular formula is C8H14O6-2. The number of carboxylic acid groups (broad SMARTS) is 2. The van der Waals surface area contributed by atoms with Crippen molar-refractivity contribution in [2.24, 2.45) is 0 Å². The van der Waals surface area contributed by atoms with E-state index in [9.17, 15) is 19.8 Å². The van der Waals surface area contributed by atoms with Crippen molar-refractivity contribution in [1.29, 1.82) is 0 Å².